The summed E-state index contributed by atoms with van der Waals surface area (Å²) in [5.74, 6) is -0.232. The molecule has 0 aliphatic rings. The second-order valence-corrected chi connectivity index (χ2v) is 4.99. The van der Waals surface area contributed by atoms with Crippen molar-refractivity contribution in [3.05, 3.63) is 33.8 Å². The molecule has 7 heteroatoms. The maximum atomic E-state index is 11.6. The number of hydrogen-bond acceptors (Lipinski definition) is 2. The average molecular weight is 318 g/mol. The smallest absolute Gasteiger partial charge is 0.315 e. The summed E-state index contributed by atoms with van der Waals surface area (Å²) in [6.45, 7) is 4.09. The van der Waals surface area contributed by atoms with Crippen molar-refractivity contribution in [2.45, 2.75) is 19.9 Å². The Bertz CT molecular complexity index is 495. The van der Waals surface area contributed by atoms with Crippen molar-refractivity contribution in [3.63, 3.8) is 0 Å². The Labute approximate surface area is 128 Å². The second-order valence-electron chi connectivity index (χ2n) is 4.18. The molecule has 0 aromatic heterocycles. The molecule has 20 heavy (non-hydrogen) atoms. The van der Waals surface area contributed by atoms with E-state index in [4.69, 9.17) is 23.2 Å². The molecule has 1 aromatic carbocycles. The molecule has 0 aliphatic carbocycles. The van der Waals surface area contributed by atoms with Gasteiger partial charge in [-0.1, -0.05) is 29.3 Å². The first kappa shape index (κ1) is 16.6. The van der Waals surface area contributed by atoms with Gasteiger partial charge in [0, 0.05) is 6.54 Å². The van der Waals surface area contributed by atoms with E-state index in [9.17, 15) is 9.59 Å². The van der Waals surface area contributed by atoms with Gasteiger partial charge >= 0.3 is 6.03 Å². The fourth-order valence-electron chi connectivity index (χ4n) is 1.53. The van der Waals surface area contributed by atoms with Gasteiger partial charge in [-0.15, -0.1) is 0 Å². The number of hydrogen-bond donors (Lipinski definition) is 3. The Morgan fingerprint density at radius 2 is 1.90 bits per heavy atom. The summed E-state index contributed by atoms with van der Waals surface area (Å²) in [6, 6.07) is 4.47. The third-order valence-electron chi connectivity index (χ3n) is 2.57. The van der Waals surface area contributed by atoms with Crippen molar-refractivity contribution < 1.29 is 9.59 Å². The van der Waals surface area contributed by atoms with Crippen LogP contribution in [-0.2, 0) is 4.79 Å². The van der Waals surface area contributed by atoms with Crippen molar-refractivity contribution in [1.82, 2.24) is 16.0 Å². The molecule has 3 N–H and O–H groups in total. The molecule has 0 saturated carbocycles. The molecular formula is C13H17Cl2N3O2. The first-order valence-corrected chi connectivity index (χ1v) is 6.95. The van der Waals surface area contributed by atoms with Gasteiger partial charge in [0.1, 0.15) is 0 Å². The minimum Gasteiger partial charge on any atom is -0.355 e. The fourth-order valence-corrected chi connectivity index (χ4v) is 1.84. The van der Waals surface area contributed by atoms with Gasteiger partial charge in [0.25, 0.3) is 0 Å². The lowest BCUT2D eigenvalue weighted by Crippen LogP contribution is -2.42. The normalized spacial score (nSPS) is 11.6. The predicted octanol–water partition coefficient (Wildman–Crippen LogP) is 2.49. The van der Waals surface area contributed by atoms with Gasteiger partial charge in [-0.3, -0.25) is 4.79 Å². The Hall–Kier alpha value is -1.46. The minimum absolute atomic E-state index is 0.0617. The van der Waals surface area contributed by atoms with Crippen molar-refractivity contribution in [2.75, 3.05) is 13.1 Å². The van der Waals surface area contributed by atoms with Crippen LogP contribution in [0.15, 0.2) is 18.2 Å². The van der Waals surface area contributed by atoms with Crippen LogP contribution in [0.1, 0.15) is 25.5 Å². The molecule has 1 atom stereocenters. The number of rotatable bonds is 5. The summed E-state index contributed by atoms with van der Waals surface area (Å²) >= 11 is 11.7. The summed E-state index contributed by atoms with van der Waals surface area (Å²) in [6.07, 6.45) is 0. The van der Waals surface area contributed by atoms with Gasteiger partial charge in [0.15, 0.2) is 0 Å². The van der Waals surface area contributed by atoms with Gasteiger partial charge in [0.2, 0.25) is 5.91 Å². The van der Waals surface area contributed by atoms with Gasteiger partial charge in [-0.25, -0.2) is 4.79 Å². The van der Waals surface area contributed by atoms with Crippen molar-refractivity contribution in [3.8, 4) is 0 Å². The average Bonchev–Trinajstić information content (AvgIpc) is 2.40. The van der Waals surface area contributed by atoms with Crippen molar-refractivity contribution in [1.29, 1.82) is 0 Å². The summed E-state index contributed by atoms with van der Waals surface area (Å²) in [5.41, 5.74) is 0.826. The van der Waals surface area contributed by atoms with Crippen LogP contribution in [0.5, 0.6) is 0 Å². The molecule has 1 unspecified atom stereocenters. The van der Waals surface area contributed by atoms with Crippen LogP contribution in [-0.4, -0.2) is 25.0 Å². The summed E-state index contributed by atoms with van der Waals surface area (Å²) in [7, 11) is 0. The van der Waals surface area contributed by atoms with Crippen molar-refractivity contribution >= 4 is 35.1 Å². The molecule has 110 valence electrons. The number of carbonyl (C=O) groups excluding carboxylic acids is 2. The van der Waals surface area contributed by atoms with Crippen LogP contribution >= 0.6 is 23.2 Å². The van der Waals surface area contributed by atoms with E-state index in [1.165, 1.54) is 0 Å². The summed E-state index contributed by atoms with van der Waals surface area (Å²) in [4.78, 5) is 22.8. The highest BCUT2D eigenvalue weighted by molar-refractivity contribution is 6.42. The van der Waals surface area contributed by atoms with Crippen LogP contribution in [0.2, 0.25) is 10.0 Å². The predicted molar refractivity (Wildman–Crippen MR) is 80.1 cm³/mol. The molecule has 0 saturated heterocycles. The van der Waals surface area contributed by atoms with Gasteiger partial charge in [-0.05, 0) is 31.5 Å². The number of nitrogens with one attached hydrogen (secondary N) is 3. The van der Waals surface area contributed by atoms with Gasteiger partial charge in [-0.2, -0.15) is 0 Å². The fraction of sp³-hybridized carbons (Fsp3) is 0.385. The quantitative estimate of drug-likeness (QED) is 0.780. The number of amides is 3. The third kappa shape index (κ3) is 5.27. The molecule has 0 bridgehead atoms. The highest BCUT2D eigenvalue weighted by Crippen LogP contribution is 2.25. The molecule has 0 spiro atoms. The molecule has 5 nitrogen and oxygen atoms in total. The van der Waals surface area contributed by atoms with Crippen LogP contribution in [0, 0.1) is 0 Å². The number of halogens is 2. The molecule has 3 amide bonds. The molecule has 0 fully saturated rings. The molecule has 1 rings (SSSR count). The van der Waals surface area contributed by atoms with E-state index in [0.29, 0.717) is 16.6 Å². The zero-order chi connectivity index (χ0) is 15.1. The monoisotopic (exact) mass is 317 g/mol. The zero-order valence-electron chi connectivity index (χ0n) is 11.3. The van der Waals surface area contributed by atoms with E-state index >= 15 is 0 Å². The van der Waals surface area contributed by atoms with Crippen LogP contribution in [0.4, 0.5) is 4.79 Å². The SMILES string of the molecule is CCNC(=O)CNC(=O)NC(C)c1ccc(Cl)c(Cl)c1. The van der Waals surface area contributed by atoms with E-state index in [1.54, 1.807) is 18.2 Å². The summed E-state index contributed by atoms with van der Waals surface area (Å²) < 4.78 is 0. The first-order chi connectivity index (χ1) is 9.43. The number of carbonyl (C=O) groups is 2. The highest BCUT2D eigenvalue weighted by Gasteiger charge is 2.11. The Balaban J connectivity index is 2.48. The lowest BCUT2D eigenvalue weighted by Gasteiger charge is -2.15. The maximum Gasteiger partial charge on any atom is 0.315 e. The molecular weight excluding hydrogens is 301 g/mol. The Morgan fingerprint density at radius 3 is 2.50 bits per heavy atom. The lowest BCUT2D eigenvalue weighted by molar-refractivity contribution is -0.119. The van der Waals surface area contributed by atoms with Gasteiger partial charge in [0.05, 0.1) is 22.6 Å². The van der Waals surface area contributed by atoms with E-state index in [-0.39, 0.29) is 18.5 Å². The molecule has 1 aromatic rings. The zero-order valence-corrected chi connectivity index (χ0v) is 12.8. The first-order valence-electron chi connectivity index (χ1n) is 6.20. The maximum absolute atomic E-state index is 11.6. The van der Waals surface area contributed by atoms with E-state index < -0.39 is 6.03 Å². The largest absolute Gasteiger partial charge is 0.355 e. The highest BCUT2D eigenvalue weighted by atomic mass is 35.5. The van der Waals surface area contributed by atoms with E-state index in [0.717, 1.165) is 5.56 Å². The molecule has 0 aliphatic heterocycles. The standard InChI is InChI=1S/C13H17Cl2N3O2/c1-3-16-12(19)7-17-13(20)18-8(2)9-4-5-10(14)11(15)6-9/h4-6,8H,3,7H2,1-2H3,(H,16,19)(H2,17,18,20). The molecule has 0 heterocycles. The van der Waals surface area contributed by atoms with Crippen molar-refractivity contribution in [2.24, 2.45) is 0 Å². The van der Waals surface area contributed by atoms with Crippen LogP contribution in [0.3, 0.4) is 0 Å². The molecule has 0 radical (unpaired) electrons. The topological polar surface area (TPSA) is 70.2 Å². The van der Waals surface area contributed by atoms with E-state index in [2.05, 4.69) is 16.0 Å². The van der Waals surface area contributed by atoms with Crippen LogP contribution < -0.4 is 16.0 Å². The Morgan fingerprint density at radius 1 is 1.20 bits per heavy atom. The van der Waals surface area contributed by atoms with E-state index in [1.807, 2.05) is 13.8 Å². The number of benzene rings is 1. The Kier molecular flexibility index (Phi) is 6.61. The van der Waals surface area contributed by atoms with Crippen LogP contribution in [0.25, 0.3) is 0 Å². The minimum atomic E-state index is -0.421. The third-order valence-corrected chi connectivity index (χ3v) is 3.31. The lowest BCUT2D eigenvalue weighted by atomic mass is 10.1. The number of likely N-dealkylation sites (N-methyl/N-ethyl adjacent to an activating group) is 1. The number of urea groups is 1. The summed E-state index contributed by atoms with van der Waals surface area (Å²) in [5, 5.41) is 8.66. The van der Waals surface area contributed by atoms with Gasteiger partial charge < -0.3 is 16.0 Å². The second kappa shape index (κ2) is 7.97.